The van der Waals surface area contributed by atoms with Gasteiger partial charge in [0.2, 0.25) is 5.89 Å². The molecule has 3 rings (SSSR count). The number of amides is 1. The molecule has 0 radical (unpaired) electrons. The van der Waals surface area contributed by atoms with Crippen LogP contribution in [0.4, 0.5) is 0 Å². The number of thioether (sulfide) groups is 1. The molecule has 0 aliphatic rings. The normalized spacial score (nSPS) is 11.6. The van der Waals surface area contributed by atoms with Crippen LogP contribution in [-0.4, -0.2) is 34.9 Å². The van der Waals surface area contributed by atoms with Gasteiger partial charge in [0.05, 0.1) is 6.20 Å². The van der Waals surface area contributed by atoms with E-state index in [1.165, 1.54) is 6.20 Å². The average Bonchev–Trinajstić information content (AvgIpc) is 3.25. The molecule has 0 unspecified atom stereocenters. The van der Waals surface area contributed by atoms with Crippen LogP contribution in [0.25, 0.3) is 11.5 Å². The number of carbonyl (C=O) groups excluding carboxylic acids is 2. The fraction of sp³-hybridized carbons (Fsp3) is 0.227. The van der Waals surface area contributed by atoms with Gasteiger partial charge in [-0.1, -0.05) is 36.4 Å². The Morgan fingerprint density at radius 3 is 2.48 bits per heavy atom. The first-order chi connectivity index (χ1) is 14.2. The van der Waals surface area contributed by atoms with Crippen LogP contribution < -0.4 is 5.32 Å². The first-order valence-electron chi connectivity index (χ1n) is 9.19. The van der Waals surface area contributed by atoms with E-state index in [1.807, 2.05) is 42.7 Å². The molecule has 29 heavy (non-hydrogen) atoms. The van der Waals surface area contributed by atoms with Crippen molar-refractivity contribution in [3.05, 3.63) is 78.2 Å². The molecule has 0 bridgehead atoms. The monoisotopic (exact) mass is 410 g/mol. The number of rotatable bonds is 9. The van der Waals surface area contributed by atoms with Crippen LogP contribution in [0, 0.1) is 0 Å². The molecule has 1 N–H and O–H groups in total. The number of esters is 1. The van der Waals surface area contributed by atoms with Crippen molar-refractivity contribution >= 4 is 23.6 Å². The largest absolute Gasteiger partial charge is 0.456 e. The van der Waals surface area contributed by atoms with Gasteiger partial charge in [0.25, 0.3) is 5.91 Å². The number of ether oxygens (including phenoxy) is 1. The van der Waals surface area contributed by atoms with E-state index < -0.39 is 12.0 Å². The maximum atomic E-state index is 12.6. The molecule has 0 fully saturated rings. The average molecular weight is 410 g/mol. The fourth-order valence-electron chi connectivity index (χ4n) is 2.65. The third-order valence-corrected chi connectivity index (χ3v) is 4.81. The summed E-state index contributed by atoms with van der Waals surface area (Å²) >= 11 is 1.60. The Hall–Kier alpha value is -3.06. The van der Waals surface area contributed by atoms with Crippen molar-refractivity contribution in [1.29, 1.82) is 0 Å². The standard InChI is InChI=1S/C22H22N2O4S/c1-29-13-12-19(24-20(25)16-8-4-2-5-9-16)22(26)27-15-18-14-23-21(28-18)17-10-6-3-7-11-17/h2-11,14,19H,12-13,15H2,1H3,(H,24,25)/t19-/m0/s1. The van der Waals surface area contributed by atoms with Crippen molar-refractivity contribution in [1.82, 2.24) is 10.3 Å². The zero-order valence-electron chi connectivity index (χ0n) is 16.0. The van der Waals surface area contributed by atoms with E-state index in [-0.39, 0.29) is 12.5 Å². The summed E-state index contributed by atoms with van der Waals surface area (Å²) in [5.74, 6) is 0.818. The Kier molecular flexibility index (Phi) is 7.47. The van der Waals surface area contributed by atoms with Gasteiger partial charge in [-0.15, -0.1) is 0 Å². The van der Waals surface area contributed by atoms with Crippen LogP contribution in [0.2, 0.25) is 0 Å². The van der Waals surface area contributed by atoms with Crippen LogP contribution in [0.3, 0.4) is 0 Å². The summed E-state index contributed by atoms with van der Waals surface area (Å²) < 4.78 is 11.0. The van der Waals surface area contributed by atoms with Crippen LogP contribution in [0.5, 0.6) is 0 Å². The van der Waals surface area contributed by atoms with Gasteiger partial charge in [-0.2, -0.15) is 11.8 Å². The third-order valence-electron chi connectivity index (χ3n) is 4.17. The molecule has 1 heterocycles. The minimum atomic E-state index is -0.730. The molecule has 7 heteroatoms. The van der Waals surface area contributed by atoms with Gasteiger partial charge in [-0.05, 0) is 42.7 Å². The molecule has 0 saturated carbocycles. The molecule has 150 valence electrons. The molecule has 1 atom stereocenters. The maximum Gasteiger partial charge on any atom is 0.329 e. The smallest absolute Gasteiger partial charge is 0.329 e. The summed E-state index contributed by atoms with van der Waals surface area (Å²) in [6, 6.07) is 17.5. The Morgan fingerprint density at radius 2 is 1.79 bits per heavy atom. The SMILES string of the molecule is CSCC[C@H](NC(=O)c1ccccc1)C(=O)OCc1cnc(-c2ccccc2)o1. The summed E-state index contributed by atoms with van der Waals surface area (Å²) in [6.07, 6.45) is 3.96. The van der Waals surface area contributed by atoms with Crippen LogP contribution >= 0.6 is 11.8 Å². The lowest BCUT2D eigenvalue weighted by Gasteiger charge is -2.17. The third kappa shape index (κ3) is 5.96. The van der Waals surface area contributed by atoms with E-state index in [2.05, 4.69) is 10.3 Å². The van der Waals surface area contributed by atoms with E-state index in [4.69, 9.17) is 9.15 Å². The summed E-state index contributed by atoms with van der Waals surface area (Å²) in [4.78, 5) is 29.2. The van der Waals surface area contributed by atoms with Gasteiger partial charge < -0.3 is 14.5 Å². The van der Waals surface area contributed by atoms with Crippen LogP contribution in [0.1, 0.15) is 22.5 Å². The second-order valence-corrected chi connectivity index (χ2v) is 7.26. The topological polar surface area (TPSA) is 81.4 Å². The van der Waals surface area contributed by atoms with E-state index >= 15 is 0 Å². The molecule has 1 aromatic heterocycles. The number of aromatic nitrogens is 1. The highest BCUT2D eigenvalue weighted by atomic mass is 32.2. The van der Waals surface area contributed by atoms with Gasteiger partial charge in [0, 0.05) is 11.1 Å². The Labute approximate surface area is 173 Å². The molecule has 2 aromatic carbocycles. The lowest BCUT2D eigenvalue weighted by Crippen LogP contribution is -2.42. The molecular formula is C22H22N2O4S. The lowest BCUT2D eigenvalue weighted by atomic mass is 10.1. The number of hydrogen-bond acceptors (Lipinski definition) is 6. The minimum Gasteiger partial charge on any atom is -0.456 e. The number of benzene rings is 2. The zero-order chi connectivity index (χ0) is 20.5. The Bertz CT molecular complexity index is 928. The van der Waals surface area contributed by atoms with Gasteiger partial charge in [-0.25, -0.2) is 9.78 Å². The molecule has 0 aliphatic heterocycles. The van der Waals surface area contributed by atoms with Crippen LogP contribution in [0.15, 0.2) is 71.3 Å². The Balaban J connectivity index is 1.60. The van der Waals surface area contributed by atoms with Crippen molar-refractivity contribution in [2.45, 2.75) is 19.1 Å². The highest BCUT2D eigenvalue weighted by Crippen LogP contribution is 2.19. The van der Waals surface area contributed by atoms with Gasteiger partial charge in [-0.3, -0.25) is 4.79 Å². The molecule has 3 aromatic rings. The Morgan fingerprint density at radius 1 is 1.10 bits per heavy atom. The maximum absolute atomic E-state index is 12.6. The first-order valence-corrected chi connectivity index (χ1v) is 10.6. The van der Waals surface area contributed by atoms with E-state index in [1.54, 1.807) is 36.0 Å². The van der Waals surface area contributed by atoms with Crippen molar-refractivity contribution in [2.75, 3.05) is 12.0 Å². The second kappa shape index (κ2) is 10.5. The number of oxazole rings is 1. The number of nitrogens with one attached hydrogen (secondary N) is 1. The van der Waals surface area contributed by atoms with Gasteiger partial charge in [0.15, 0.2) is 12.4 Å². The van der Waals surface area contributed by atoms with Crippen molar-refractivity contribution in [3.63, 3.8) is 0 Å². The molecule has 0 saturated heterocycles. The van der Waals surface area contributed by atoms with E-state index in [9.17, 15) is 9.59 Å². The number of carbonyl (C=O) groups is 2. The molecule has 1 amide bonds. The summed E-state index contributed by atoms with van der Waals surface area (Å²) in [5, 5.41) is 2.76. The summed E-state index contributed by atoms with van der Waals surface area (Å²) in [7, 11) is 0. The zero-order valence-corrected chi connectivity index (χ0v) is 16.9. The quantitative estimate of drug-likeness (QED) is 0.538. The molecule has 0 spiro atoms. The molecule has 0 aliphatic carbocycles. The highest BCUT2D eigenvalue weighted by molar-refractivity contribution is 7.98. The van der Waals surface area contributed by atoms with E-state index in [0.29, 0.717) is 23.6 Å². The molecule has 6 nitrogen and oxygen atoms in total. The van der Waals surface area contributed by atoms with Crippen LogP contribution in [-0.2, 0) is 16.1 Å². The first kappa shape index (κ1) is 20.7. The second-order valence-electron chi connectivity index (χ2n) is 6.28. The molecular weight excluding hydrogens is 388 g/mol. The lowest BCUT2D eigenvalue weighted by molar-refractivity contribution is -0.147. The van der Waals surface area contributed by atoms with Crippen molar-refractivity contribution in [2.24, 2.45) is 0 Å². The van der Waals surface area contributed by atoms with E-state index in [0.717, 1.165) is 11.3 Å². The highest BCUT2D eigenvalue weighted by Gasteiger charge is 2.23. The summed E-state index contributed by atoms with van der Waals surface area (Å²) in [6.45, 7) is -0.0460. The fourth-order valence-corrected chi connectivity index (χ4v) is 3.12. The van der Waals surface area contributed by atoms with Gasteiger partial charge >= 0.3 is 5.97 Å². The van der Waals surface area contributed by atoms with Crippen molar-refractivity contribution in [3.8, 4) is 11.5 Å². The number of hydrogen-bond donors (Lipinski definition) is 1. The summed E-state index contributed by atoms with van der Waals surface area (Å²) in [5.41, 5.74) is 1.34. The van der Waals surface area contributed by atoms with Crippen molar-refractivity contribution < 1.29 is 18.7 Å². The predicted molar refractivity (Wildman–Crippen MR) is 112 cm³/mol. The predicted octanol–water partition coefficient (Wildman–Crippen LogP) is 3.94. The van der Waals surface area contributed by atoms with Gasteiger partial charge in [0.1, 0.15) is 6.04 Å². The number of nitrogens with zero attached hydrogens (tertiary/aromatic N) is 1. The minimum absolute atomic E-state index is 0.0460.